The van der Waals surface area contributed by atoms with Crippen LogP contribution < -0.4 is 10.1 Å². The molecule has 1 atom stereocenters. The van der Waals surface area contributed by atoms with Crippen LogP contribution in [0.15, 0.2) is 24.3 Å². The predicted molar refractivity (Wildman–Crippen MR) is 93.4 cm³/mol. The van der Waals surface area contributed by atoms with Crippen LogP contribution >= 0.6 is 11.3 Å². The molecule has 1 aliphatic heterocycles. The fourth-order valence-corrected chi connectivity index (χ4v) is 3.85. The highest BCUT2D eigenvalue weighted by Gasteiger charge is 2.26. The minimum atomic E-state index is -0.414. The van der Waals surface area contributed by atoms with E-state index in [1.54, 1.807) is 7.11 Å². The first-order chi connectivity index (χ1) is 11.6. The van der Waals surface area contributed by atoms with Crippen LogP contribution in [-0.2, 0) is 9.53 Å². The third kappa shape index (κ3) is 3.14. The first kappa shape index (κ1) is 16.5. The second-order valence-corrected chi connectivity index (χ2v) is 6.79. The van der Waals surface area contributed by atoms with Gasteiger partial charge >= 0.3 is 0 Å². The number of thiophene rings is 1. The number of amides is 1. The molecule has 5 nitrogen and oxygen atoms in total. The maximum absolute atomic E-state index is 12.3. The predicted octanol–water partition coefficient (Wildman–Crippen LogP) is 3.72. The lowest BCUT2D eigenvalue weighted by atomic mass is 10.0. The second-order valence-electron chi connectivity index (χ2n) is 5.57. The largest absolute Gasteiger partial charge is 0.497 e. The molecule has 0 aliphatic carbocycles. The Morgan fingerprint density at radius 1 is 1.42 bits per heavy atom. The zero-order valence-electron chi connectivity index (χ0n) is 13.6. The number of carbonyl (C=O) groups is 1. The van der Waals surface area contributed by atoms with Gasteiger partial charge in [-0.15, -0.1) is 11.3 Å². The fourth-order valence-electron chi connectivity index (χ4n) is 2.82. The van der Waals surface area contributed by atoms with Crippen molar-refractivity contribution in [1.82, 2.24) is 0 Å². The van der Waals surface area contributed by atoms with Gasteiger partial charge in [0, 0.05) is 17.0 Å². The fraction of sp³-hybridized carbons (Fsp3) is 0.333. The maximum Gasteiger partial charge on any atom is 0.254 e. The number of aryl methyl sites for hydroxylation is 1. The SMILES string of the molecule is COc1ccc(-c2c(C)sc(NC(=O)[C@@H]3CCCO3)c2C#N)cc1. The van der Waals surface area contributed by atoms with Crippen molar-refractivity contribution in [2.45, 2.75) is 25.9 Å². The molecule has 0 spiro atoms. The van der Waals surface area contributed by atoms with Gasteiger partial charge in [-0.25, -0.2) is 0 Å². The summed E-state index contributed by atoms with van der Waals surface area (Å²) in [7, 11) is 1.62. The highest BCUT2D eigenvalue weighted by molar-refractivity contribution is 7.17. The molecule has 0 saturated carbocycles. The Hall–Kier alpha value is -2.36. The van der Waals surface area contributed by atoms with Crippen molar-refractivity contribution in [3.05, 3.63) is 34.7 Å². The van der Waals surface area contributed by atoms with E-state index in [0.29, 0.717) is 17.2 Å². The number of hydrogen-bond donors (Lipinski definition) is 1. The molecule has 0 unspecified atom stereocenters. The van der Waals surface area contributed by atoms with Crippen LogP contribution in [0.1, 0.15) is 23.3 Å². The van der Waals surface area contributed by atoms with Crippen molar-refractivity contribution in [3.8, 4) is 22.9 Å². The number of nitriles is 1. The van der Waals surface area contributed by atoms with Gasteiger partial charge in [0.1, 0.15) is 22.9 Å². The molecule has 6 heteroatoms. The molecule has 1 fully saturated rings. The minimum absolute atomic E-state index is 0.175. The van der Waals surface area contributed by atoms with Crippen LogP contribution in [0.5, 0.6) is 5.75 Å². The molecule has 1 aromatic carbocycles. The number of nitrogens with zero attached hydrogens (tertiary/aromatic N) is 1. The van der Waals surface area contributed by atoms with E-state index in [9.17, 15) is 10.1 Å². The summed E-state index contributed by atoms with van der Waals surface area (Å²) in [5.41, 5.74) is 2.28. The molecule has 1 N–H and O–H groups in total. The third-order valence-corrected chi connectivity index (χ3v) is 5.05. The molecule has 1 aliphatic rings. The lowest BCUT2D eigenvalue weighted by molar-refractivity contribution is -0.124. The average Bonchev–Trinajstić information content (AvgIpc) is 3.23. The summed E-state index contributed by atoms with van der Waals surface area (Å²) in [4.78, 5) is 13.3. The van der Waals surface area contributed by atoms with Gasteiger partial charge in [0.2, 0.25) is 0 Å². The lowest BCUT2D eigenvalue weighted by Crippen LogP contribution is -2.26. The van der Waals surface area contributed by atoms with Crippen molar-refractivity contribution in [2.24, 2.45) is 0 Å². The topological polar surface area (TPSA) is 71.3 Å². The van der Waals surface area contributed by atoms with Gasteiger partial charge in [-0.1, -0.05) is 12.1 Å². The minimum Gasteiger partial charge on any atom is -0.497 e. The molecule has 24 heavy (non-hydrogen) atoms. The number of ether oxygens (including phenoxy) is 2. The molecule has 0 bridgehead atoms. The molecule has 124 valence electrons. The van der Waals surface area contributed by atoms with Gasteiger partial charge in [0.15, 0.2) is 0 Å². The summed E-state index contributed by atoms with van der Waals surface area (Å²) in [6.45, 7) is 2.57. The monoisotopic (exact) mass is 342 g/mol. The standard InChI is InChI=1S/C18H18N2O3S/c1-11-16(12-5-7-13(22-2)8-6-12)14(10-19)18(24-11)20-17(21)15-4-3-9-23-15/h5-8,15H,3-4,9H2,1-2H3,(H,20,21)/t15-/m0/s1. The molecular formula is C18H18N2O3S. The van der Waals surface area contributed by atoms with Gasteiger partial charge in [0.25, 0.3) is 5.91 Å². The Kier molecular flexibility index (Phi) is 4.84. The van der Waals surface area contributed by atoms with Crippen LogP contribution in [-0.4, -0.2) is 25.7 Å². The summed E-state index contributed by atoms with van der Waals surface area (Å²) in [6.07, 6.45) is 1.20. The second kappa shape index (κ2) is 7.04. The normalized spacial score (nSPS) is 16.6. The van der Waals surface area contributed by atoms with Crippen molar-refractivity contribution < 1.29 is 14.3 Å². The zero-order chi connectivity index (χ0) is 17.1. The van der Waals surface area contributed by atoms with Gasteiger partial charge in [0.05, 0.1) is 12.7 Å². The smallest absolute Gasteiger partial charge is 0.254 e. The van der Waals surface area contributed by atoms with E-state index < -0.39 is 6.10 Å². The Morgan fingerprint density at radius 3 is 2.75 bits per heavy atom. The lowest BCUT2D eigenvalue weighted by Gasteiger charge is -2.09. The highest BCUT2D eigenvalue weighted by Crippen LogP contribution is 2.40. The summed E-state index contributed by atoms with van der Waals surface area (Å²) in [5, 5.41) is 13.1. The van der Waals surface area contributed by atoms with Crippen molar-refractivity contribution >= 4 is 22.2 Å². The zero-order valence-corrected chi connectivity index (χ0v) is 14.4. The van der Waals surface area contributed by atoms with E-state index in [2.05, 4.69) is 11.4 Å². The number of carbonyl (C=O) groups excluding carboxylic acids is 1. The summed E-state index contributed by atoms with van der Waals surface area (Å²) in [6, 6.07) is 9.78. The molecule has 2 aromatic rings. The number of rotatable bonds is 4. The van der Waals surface area contributed by atoms with E-state index in [0.717, 1.165) is 34.6 Å². The first-order valence-corrected chi connectivity index (χ1v) is 8.56. The average molecular weight is 342 g/mol. The quantitative estimate of drug-likeness (QED) is 0.919. The van der Waals surface area contributed by atoms with Crippen LogP contribution in [0.4, 0.5) is 5.00 Å². The van der Waals surface area contributed by atoms with Crippen LogP contribution in [0.2, 0.25) is 0 Å². The molecule has 3 rings (SSSR count). The van der Waals surface area contributed by atoms with E-state index in [1.807, 2.05) is 31.2 Å². The number of nitrogens with one attached hydrogen (secondary N) is 1. The van der Waals surface area contributed by atoms with E-state index in [4.69, 9.17) is 9.47 Å². The Bertz CT molecular complexity index is 784. The van der Waals surface area contributed by atoms with Crippen molar-refractivity contribution in [1.29, 1.82) is 5.26 Å². The number of hydrogen-bond acceptors (Lipinski definition) is 5. The van der Waals surface area contributed by atoms with Gasteiger partial charge in [-0.3, -0.25) is 4.79 Å². The van der Waals surface area contributed by atoms with E-state index in [1.165, 1.54) is 11.3 Å². The first-order valence-electron chi connectivity index (χ1n) is 7.74. The van der Waals surface area contributed by atoms with E-state index >= 15 is 0 Å². The van der Waals surface area contributed by atoms with Crippen molar-refractivity contribution in [3.63, 3.8) is 0 Å². The van der Waals surface area contributed by atoms with E-state index in [-0.39, 0.29) is 5.91 Å². The molecule has 1 saturated heterocycles. The molecule has 1 amide bonds. The Balaban J connectivity index is 1.91. The maximum atomic E-state index is 12.3. The highest BCUT2D eigenvalue weighted by atomic mass is 32.1. The number of anilines is 1. The van der Waals surface area contributed by atoms with Gasteiger partial charge in [-0.2, -0.15) is 5.26 Å². The molecule has 0 radical (unpaired) electrons. The van der Waals surface area contributed by atoms with Gasteiger partial charge in [-0.05, 0) is 37.5 Å². The van der Waals surface area contributed by atoms with Crippen LogP contribution in [0.25, 0.3) is 11.1 Å². The van der Waals surface area contributed by atoms with Crippen molar-refractivity contribution in [2.75, 3.05) is 19.0 Å². The Labute approximate surface area is 144 Å². The van der Waals surface area contributed by atoms with Crippen LogP contribution in [0, 0.1) is 18.3 Å². The summed E-state index contributed by atoms with van der Waals surface area (Å²) >= 11 is 1.42. The Morgan fingerprint density at radius 2 is 2.17 bits per heavy atom. The number of benzene rings is 1. The van der Waals surface area contributed by atoms with Gasteiger partial charge < -0.3 is 14.8 Å². The summed E-state index contributed by atoms with van der Waals surface area (Å²) in [5.74, 6) is 0.587. The summed E-state index contributed by atoms with van der Waals surface area (Å²) < 4.78 is 10.6. The third-order valence-electron chi connectivity index (χ3n) is 4.03. The number of methoxy groups -OCH3 is 1. The van der Waals surface area contributed by atoms with Crippen LogP contribution in [0.3, 0.4) is 0 Å². The molecular weight excluding hydrogens is 324 g/mol. The molecule has 1 aromatic heterocycles. The molecule has 2 heterocycles.